The first kappa shape index (κ1) is 23.8. The maximum atomic E-state index is 11.8. The van der Waals surface area contributed by atoms with Crippen LogP contribution in [-0.4, -0.2) is 0 Å². The molecule has 3 aromatic rings. The van der Waals surface area contributed by atoms with Crippen molar-refractivity contribution in [1.82, 2.24) is 0 Å². The Morgan fingerprint density at radius 2 is 1.12 bits per heavy atom. The fraction of sp³-hybridized carbons (Fsp3) is 0.0526. The van der Waals surface area contributed by atoms with Crippen LogP contribution in [0.2, 0.25) is 0 Å². The van der Waals surface area contributed by atoms with Crippen molar-refractivity contribution in [3.05, 3.63) is 96.6 Å². The van der Waals surface area contributed by atoms with Crippen molar-refractivity contribution < 1.29 is 46.0 Å². The van der Waals surface area contributed by atoms with Gasteiger partial charge in [0.2, 0.25) is 0 Å². The number of halogens is 4. The molecule has 0 heterocycles. The molecule has 0 aromatic heterocycles. The Kier molecular flexibility index (Phi) is 11.7. The second-order valence-corrected chi connectivity index (χ2v) is 6.04. The van der Waals surface area contributed by atoms with Crippen molar-refractivity contribution in [2.24, 2.45) is 0 Å². The van der Waals surface area contributed by atoms with E-state index in [1.54, 1.807) is 0 Å². The second-order valence-electron chi connectivity index (χ2n) is 4.63. The molecule has 0 radical (unpaired) electrons. The van der Waals surface area contributed by atoms with Crippen LogP contribution >= 0.6 is 8.58 Å². The molecular formula is C19H15ClF3PPd. The maximum Gasteiger partial charge on any atom is 2.00 e. The smallest absolute Gasteiger partial charge is 1.00 e. The average molecular weight is 473 g/mol. The third-order valence-electron chi connectivity index (χ3n) is 2.85. The Morgan fingerprint density at radius 1 is 0.680 bits per heavy atom. The number of hydrogen-bond donors (Lipinski definition) is 0. The molecule has 0 unspecified atom stereocenters. The van der Waals surface area contributed by atoms with Gasteiger partial charge in [0.05, 0.1) is 0 Å². The molecule has 134 valence electrons. The number of rotatable bonds is 2. The van der Waals surface area contributed by atoms with Crippen molar-refractivity contribution >= 4 is 19.2 Å². The van der Waals surface area contributed by atoms with E-state index in [1.165, 1.54) is 28.8 Å². The minimum absolute atomic E-state index is 0. The van der Waals surface area contributed by atoms with Crippen molar-refractivity contribution in [3.63, 3.8) is 0 Å². The summed E-state index contributed by atoms with van der Waals surface area (Å²) in [6.45, 7) is 0. The van der Waals surface area contributed by atoms with Gasteiger partial charge < -0.3 is 12.4 Å². The summed E-state index contributed by atoms with van der Waals surface area (Å²) in [5.41, 5.74) is -0.727. The molecule has 0 aliphatic carbocycles. The van der Waals surface area contributed by atoms with Crippen LogP contribution < -0.4 is 23.0 Å². The van der Waals surface area contributed by atoms with Gasteiger partial charge in [0.15, 0.2) is 0 Å². The molecule has 3 aromatic carbocycles. The van der Waals surface area contributed by atoms with Gasteiger partial charge in [-0.3, -0.25) is 0 Å². The summed E-state index contributed by atoms with van der Waals surface area (Å²) in [7, 11) is 0.777. The number of benzene rings is 3. The molecule has 0 aliphatic heterocycles. The van der Waals surface area contributed by atoms with Gasteiger partial charge in [-0.2, -0.15) is 43.5 Å². The first-order valence-electron chi connectivity index (χ1n) is 6.97. The topological polar surface area (TPSA) is 0 Å². The summed E-state index contributed by atoms with van der Waals surface area (Å²) in [6, 6.07) is 28.3. The molecule has 3 rings (SSSR count). The van der Waals surface area contributed by atoms with Gasteiger partial charge in [-0.25, -0.2) is 0 Å². The zero-order valence-corrected chi connectivity index (χ0v) is 16.2. The molecule has 0 fully saturated rings. The summed E-state index contributed by atoms with van der Waals surface area (Å²) in [5, 5.41) is 2.79. The molecule has 0 N–H and O–H groups in total. The van der Waals surface area contributed by atoms with Gasteiger partial charge in [0.1, 0.15) is 0 Å². The molecule has 25 heavy (non-hydrogen) atoms. The van der Waals surface area contributed by atoms with Crippen LogP contribution in [0.25, 0.3) is 0 Å². The largest absolute Gasteiger partial charge is 2.00 e. The predicted octanol–water partition coefficient (Wildman–Crippen LogP) is 1.82. The van der Waals surface area contributed by atoms with Crippen molar-refractivity contribution in [3.8, 4) is 0 Å². The van der Waals surface area contributed by atoms with Gasteiger partial charge in [-0.1, -0.05) is 74.8 Å². The van der Waals surface area contributed by atoms with E-state index in [0.29, 0.717) is 0 Å². The summed E-state index contributed by atoms with van der Waals surface area (Å²) in [4.78, 5) is 0. The first-order valence-corrected chi connectivity index (χ1v) is 7.97. The monoisotopic (exact) mass is 472 g/mol. The minimum atomic E-state index is -4.26. The predicted molar refractivity (Wildman–Crippen MR) is 90.7 cm³/mol. The fourth-order valence-corrected chi connectivity index (χ4v) is 2.83. The van der Waals surface area contributed by atoms with E-state index < -0.39 is 11.7 Å². The average Bonchev–Trinajstić information content (AvgIpc) is 2.57. The zero-order chi connectivity index (χ0) is 16.5. The van der Waals surface area contributed by atoms with Gasteiger partial charge >= 0.3 is 26.6 Å². The first-order chi connectivity index (χ1) is 11.1. The molecule has 0 saturated heterocycles. The van der Waals surface area contributed by atoms with Gasteiger partial charge in [-0.05, 0) is 10.6 Å². The van der Waals surface area contributed by atoms with Crippen molar-refractivity contribution in [2.75, 3.05) is 0 Å². The molecule has 0 atom stereocenters. The molecular weight excluding hydrogens is 458 g/mol. The van der Waals surface area contributed by atoms with Crippen LogP contribution in [-0.2, 0) is 26.6 Å². The van der Waals surface area contributed by atoms with Crippen molar-refractivity contribution in [2.45, 2.75) is 6.18 Å². The van der Waals surface area contributed by atoms with E-state index in [0.717, 1.165) is 14.6 Å². The third kappa shape index (κ3) is 9.19. The van der Waals surface area contributed by atoms with Gasteiger partial charge in [0, 0.05) is 0 Å². The summed E-state index contributed by atoms with van der Waals surface area (Å²) < 4.78 is 35.3. The molecule has 0 saturated carbocycles. The zero-order valence-electron chi connectivity index (χ0n) is 12.9. The normalized spacial score (nSPS) is 9.72. The molecule has 6 heteroatoms. The van der Waals surface area contributed by atoms with E-state index in [2.05, 4.69) is 66.7 Å². The minimum Gasteiger partial charge on any atom is -1.00 e. The SMILES string of the molecule is FC(F)(F)c1[c-]cccc1.[Cl-].[Pd+2].c1ccc(Pc2ccccc2)cc1. The molecule has 0 bridgehead atoms. The summed E-state index contributed by atoms with van der Waals surface area (Å²) in [5.74, 6) is 0. The molecule has 0 nitrogen and oxygen atoms in total. The molecule has 0 spiro atoms. The van der Waals surface area contributed by atoms with Crippen LogP contribution in [0, 0.1) is 6.07 Å². The van der Waals surface area contributed by atoms with E-state index in [1.807, 2.05) is 0 Å². The second kappa shape index (κ2) is 12.2. The fourth-order valence-electron chi connectivity index (χ4n) is 1.78. The van der Waals surface area contributed by atoms with E-state index >= 15 is 0 Å². The quantitative estimate of drug-likeness (QED) is 0.303. The Morgan fingerprint density at radius 3 is 1.44 bits per heavy atom. The van der Waals surface area contributed by atoms with E-state index in [-0.39, 0.29) is 32.8 Å². The molecule has 0 amide bonds. The van der Waals surface area contributed by atoms with Crippen molar-refractivity contribution in [1.29, 1.82) is 0 Å². The Hall–Kier alpha value is -1.17. The van der Waals surface area contributed by atoms with Crippen LogP contribution in [0.4, 0.5) is 13.2 Å². The standard InChI is InChI=1S/C12H11P.C7H4F3.ClH.Pd/c1-3-7-11(8-4-1)13-12-9-5-2-6-10-12;8-7(9,10)6-4-2-1-3-5-6;;/h1-10,13H;1-4H;1H;/q;-1;;+2/p-1. The number of hydrogen-bond acceptors (Lipinski definition) is 0. The Labute approximate surface area is 167 Å². The Balaban J connectivity index is 0.000000440. The van der Waals surface area contributed by atoms with Crippen LogP contribution in [0.15, 0.2) is 84.9 Å². The van der Waals surface area contributed by atoms with Crippen LogP contribution in [0.3, 0.4) is 0 Å². The van der Waals surface area contributed by atoms with E-state index in [9.17, 15) is 13.2 Å². The van der Waals surface area contributed by atoms with E-state index in [4.69, 9.17) is 0 Å². The van der Waals surface area contributed by atoms with Gasteiger partial charge in [0.25, 0.3) is 0 Å². The van der Waals surface area contributed by atoms with Gasteiger partial charge in [-0.15, -0.1) is 0 Å². The van der Waals surface area contributed by atoms with Crippen LogP contribution in [0.1, 0.15) is 5.56 Å². The summed E-state index contributed by atoms with van der Waals surface area (Å²) in [6.07, 6.45) is -4.26. The number of alkyl halides is 3. The maximum absolute atomic E-state index is 11.8. The third-order valence-corrected chi connectivity index (χ3v) is 4.09. The Bertz CT molecular complexity index is 655. The van der Waals surface area contributed by atoms with Crippen LogP contribution in [0.5, 0.6) is 0 Å². The molecule has 0 aliphatic rings. The summed E-state index contributed by atoms with van der Waals surface area (Å²) >= 11 is 0.